The summed E-state index contributed by atoms with van der Waals surface area (Å²) in [4.78, 5) is 3.11. The molecule has 1 rings (SSSR count). The van der Waals surface area contributed by atoms with E-state index >= 15 is 0 Å². The van der Waals surface area contributed by atoms with Crippen LogP contribution in [0.5, 0.6) is 0 Å². The Kier molecular flexibility index (Phi) is 5.68. The van der Waals surface area contributed by atoms with Gasteiger partial charge >= 0.3 is 12.4 Å². The molecule has 0 fully saturated rings. The van der Waals surface area contributed by atoms with Gasteiger partial charge in [-0.15, -0.1) is 11.3 Å². The first kappa shape index (κ1) is 18.6. The molecule has 0 aliphatic heterocycles. The van der Waals surface area contributed by atoms with E-state index in [4.69, 9.17) is 0 Å². The summed E-state index contributed by atoms with van der Waals surface area (Å²) in [5.41, 5.74) is -4.52. The Labute approximate surface area is 125 Å². The fourth-order valence-electron chi connectivity index (χ4n) is 1.21. The summed E-state index contributed by atoms with van der Waals surface area (Å²) in [6, 6.07) is 0. The third kappa shape index (κ3) is 4.77. The summed E-state index contributed by atoms with van der Waals surface area (Å²) in [5.74, 6) is 0. The number of rotatable bonds is 6. The van der Waals surface area contributed by atoms with Crippen molar-refractivity contribution in [2.24, 2.45) is 0 Å². The van der Waals surface area contributed by atoms with Gasteiger partial charge in [0.25, 0.3) is 0 Å². The van der Waals surface area contributed by atoms with Gasteiger partial charge in [-0.1, -0.05) is 0 Å². The summed E-state index contributed by atoms with van der Waals surface area (Å²) in [7, 11) is 0. The number of hydrogen-bond donors (Lipinski definition) is 2. The van der Waals surface area contributed by atoms with Crippen LogP contribution in [0.2, 0.25) is 0 Å². The number of anilines is 1. The molecule has 0 aliphatic rings. The first-order valence-electron chi connectivity index (χ1n) is 5.84. The average Bonchev–Trinajstić information content (AvgIpc) is 2.84. The number of thiazole rings is 1. The van der Waals surface area contributed by atoms with E-state index in [9.17, 15) is 31.4 Å². The normalized spacial score (nSPS) is 15.8. The quantitative estimate of drug-likeness (QED) is 0.610. The van der Waals surface area contributed by atoms with E-state index in [1.54, 1.807) is 0 Å². The second-order valence-electron chi connectivity index (χ2n) is 4.07. The third-order valence-electron chi connectivity index (χ3n) is 2.40. The zero-order valence-corrected chi connectivity index (χ0v) is 11.9. The molecule has 1 aromatic heterocycles. The van der Waals surface area contributed by atoms with Crippen molar-refractivity contribution < 1.29 is 36.2 Å². The Hall–Kier alpha value is -1.49. The highest BCUT2D eigenvalue weighted by Crippen LogP contribution is 2.34. The summed E-state index contributed by atoms with van der Waals surface area (Å²) < 4.78 is 80.1. The Balaban J connectivity index is 2.82. The lowest BCUT2D eigenvalue weighted by Crippen LogP contribution is -2.49. The van der Waals surface area contributed by atoms with Crippen molar-refractivity contribution in [2.45, 2.75) is 24.9 Å². The van der Waals surface area contributed by atoms with Crippen molar-refractivity contribution in [1.82, 2.24) is 4.98 Å². The lowest BCUT2D eigenvalue weighted by Gasteiger charge is -2.27. The topological polar surface area (TPSA) is 54.4 Å². The van der Waals surface area contributed by atoms with Crippen LogP contribution >= 0.6 is 11.3 Å². The molecule has 4 nitrogen and oxygen atoms in total. The van der Waals surface area contributed by atoms with Crippen molar-refractivity contribution in [2.75, 3.05) is 18.5 Å². The van der Waals surface area contributed by atoms with Crippen LogP contribution in [0.1, 0.15) is 12.6 Å². The van der Waals surface area contributed by atoms with Crippen LogP contribution in [-0.4, -0.2) is 35.0 Å². The van der Waals surface area contributed by atoms with Crippen LogP contribution in [0.25, 0.3) is 0 Å². The van der Waals surface area contributed by atoms with E-state index in [1.807, 2.05) is 5.32 Å². The standard InChI is InChI=1S/C11H12F6N2O2S/c1-2-21-4-3-9(20,11(15,16)17)6-18-8-19-7(5-22-8)10(12,13)14/h3-5,20H,2,6H2,1H3,(H,18,19)/b4-3+. The maximum Gasteiger partial charge on any atom is 0.434 e. The number of alkyl halides is 6. The molecule has 1 unspecified atom stereocenters. The molecule has 0 aliphatic carbocycles. The Morgan fingerprint density at radius 2 is 1.95 bits per heavy atom. The molecular formula is C11H12F6N2O2S. The van der Waals surface area contributed by atoms with E-state index in [1.165, 1.54) is 6.92 Å². The first-order chi connectivity index (χ1) is 9.99. The summed E-state index contributed by atoms with van der Waals surface area (Å²) in [5, 5.41) is 11.9. The highest BCUT2D eigenvalue weighted by molar-refractivity contribution is 7.13. The van der Waals surface area contributed by atoms with Gasteiger partial charge in [0.15, 0.2) is 16.4 Å². The number of aromatic nitrogens is 1. The molecule has 0 bridgehead atoms. The highest BCUT2D eigenvalue weighted by atomic mass is 32.1. The fourth-order valence-corrected chi connectivity index (χ4v) is 1.92. The Morgan fingerprint density at radius 3 is 2.41 bits per heavy atom. The monoisotopic (exact) mass is 350 g/mol. The van der Waals surface area contributed by atoms with Gasteiger partial charge in [0.1, 0.15) is 0 Å². The third-order valence-corrected chi connectivity index (χ3v) is 3.20. The minimum absolute atomic E-state index is 0.0965. The molecule has 11 heteroatoms. The van der Waals surface area contributed by atoms with Crippen LogP contribution in [0.15, 0.2) is 17.7 Å². The largest absolute Gasteiger partial charge is 0.502 e. The number of nitrogens with zero attached hydrogens (tertiary/aromatic N) is 1. The van der Waals surface area contributed by atoms with E-state index in [2.05, 4.69) is 9.72 Å². The van der Waals surface area contributed by atoms with Gasteiger partial charge < -0.3 is 15.2 Å². The van der Waals surface area contributed by atoms with Crippen LogP contribution in [-0.2, 0) is 10.9 Å². The fraction of sp³-hybridized carbons (Fsp3) is 0.545. The number of nitrogens with one attached hydrogen (secondary N) is 1. The first-order valence-corrected chi connectivity index (χ1v) is 6.72. The molecule has 0 saturated heterocycles. The summed E-state index contributed by atoms with van der Waals surface area (Å²) in [6.07, 6.45) is -8.68. The smallest absolute Gasteiger partial charge is 0.434 e. The molecule has 0 radical (unpaired) electrons. The predicted octanol–water partition coefficient (Wildman–Crippen LogP) is 3.42. The van der Waals surface area contributed by atoms with Gasteiger partial charge in [0.05, 0.1) is 19.4 Å². The van der Waals surface area contributed by atoms with E-state index < -0.39 is 30.2 Å². The Bertz CT molecular complexity index is 513. The number of aliphatic hydroxyl groups is 1. The van der Waals surface area contributed by atoms with Gasteiger partial charge in [-0.25, -0.2) is 4.98 Å². The van der Waals surface area contributed by atoms with Crippen LogP contribution in [0, 0.1) is 0 Å². The van der Waals surface area contributed by atoms with Crippen LogP contribution in [0.3, 0.4) is 0 Å². The number of ether oxygens (including phenoxy) is 1. The predicted molar refractivity (Wildman–Crippen MR) is 67.4 cm³/mol. The van der Waals surface area contributed by atoms with Crippen LogP contribution < -0.4 is 5.32 Å². The van der Waals surface area contributed by atoms with E-state index in [0.717, 1.165) is 0 Å². The number of halogens is 6. The van der Waals surface area contributed by atoms with Crippen molar-refractivity contribution in [3.05, 3.63) is 23.4 Å². The zero-order valence-electron chi connectivity index (χ0n) is 11.1. The number of hydrogen-bond acceptors (Lipinski definition) is 5. The van der Waals surface area contributed by atoms with Crippen molar-refractivity contribution in [3.63, 3.8) is 0 Å². The molecule has 126 valence electrons. The lowest BCUT2D eigenvalue weighted by atomic mass is 10.0. The lowest BCUT2D eigenvalue weighted by molar-refractivity contribution is -0.234. The Morgan fingerprint density at radius 1 is 1.32 bits per heavy atom. The van der Waals surface area contributed by atoms with E-state index in [-0.39, 0.29) is 11.7 Å². The van der Waals surface area contributed by atoms with Gasteiger partial charge in [-0.3, -0.25) is 0 Å². The molecule has 1 aromatic rings. The average molecular weight is 350 g/mol. The molecule has 2 N–H and O–H groups in total. The zero-order chi connectivity index (χ0) is 17.0. The molecule has 1 atom stereocenters. The second kappa shape index (κ2) is 6.73. The highest BCUT2D eigenvalue weighted by Gasteiger charge is 2.52. The van der Waals surface area contributed by atoms with Crippen molar-refractivity contribution in [3.8, 4) is 0 Å². The van der Waals surface area contributed by atoms with Gasteiger partial charge in [-0.2, -0.15) is 26.3 Å². The van der Waals surface area contributed by atoms with Gasteiger partial charge in [0, 0.05) is 5.38 Å². The second-order valence-corrected chi connectivity index (χ2v) is 4.93. The maximum absolute atomic E-state index is 12.8. The van der Waals surface area contributed by atoms with Crippen molar-refractivity contribution in [1.29, 1.82) is 0 Å². The molecular weight excluding hydrogens is 338 g/mol. The minimum atomic E-state index is -5.04. The molecule has 22 heavy (non-hydrogen) atoms. The SMILES string of the molecule is CCO/C=C/C(O)(CNc1nc(C(F)(F)F)cs1)C(F)(F)F. The molecule has 0 saturated carbocycles. The van der Waals surface area contributed by atoms with Crippen molar-refractivity contribution >= 4 is 16.5 Å². The van der Waals surface area contributed by atoms with Gasteiger partial charge in [0.2, 0.25) is 0 Å². The maximum atomic E-state index is 12.8. The summed E-state index contributed by atoms with van der Waals surface area (Å²) in [6.45, 7) is 0.521. The molecule has 1 heterocycles. The van der Waals surface area contributed by atoms with Crippen LogP contribution in [0.4, 0.5) is 31.5 Å². The minimum Gasteiger partial charge on any atom is -0.502 e. The van der Waals surface area contributed by atoms with Gasteiger partial charge in [-0.05, 0) is 13.0 Å². The summed E-state index contributed by atoms with van der Waals surface area (Å²) >= 11 is 0.480. The molecule has 0 aromatic carbocycles. The van der Waals surface area contributed by atoms with E-state index in [0.29, 0.717) is 29.1 Å². The molecule has 0 spiro atoms. The molecule has 0 amide bonds.